The molecular weight excluding hydrogens is 288 g/mol. The largest absolute Gasteiger partial charge is 0.393 e. The molecule has 0 radical (unpaired) electrons. The van der Waals surface area contributed by atoms with Crippen LogP contribution in [0, 0.1) is 34.0 Å². The van der Waals surface area contributed by atoms with E-state index in [1.807, 2.05) is 0 Å². The Morgan fingerprint density at radius 1 is 1.09 bits per heavy atom. The van der Waals surface area contributed by atoms with E-state index < -0.39 is 11.7 Å². The Kier molecular flexibility index (Phi) is 3.23. The summed E-state index contributed by atoms with van der Waals surface area (Å²) in [6, 6.07) is 0. The maximum atomic E-state index is 11.1. The Balaban J connectivity index is 1.80. The molecule has 7 unspecified atom stereocenters. The Labute approximate surface area is 139 Å². The monoisotopic (exact) mass is 320 g/mol. The van der Waals surface area contributed by atoms with Gasteiger partial charge >= 0.3 is 0 Å². The highest BCUT2D eigenvalue weighted by Gasteiger charge is 2.68. The molecule has 3 saturated carbocycles. The number of rotatable bonds is 1. The summed E-state index contributed by atoms with van der Waals surface area (Å²) in [7, 11) is 0. The van der Waals surface area contributed by atoms with Crippen molar-refractivity contribution in [2.75, 3.05) is 6.61 Å². The fraction of sp³-hybridized carbons (Fsp3) is 0.900. The third-order valence-electron chi connectivity index (χ3n) is 8.50. The van der Waals surface area contributed by atoms with Gasteiger partial charge in [0.1, 0.15) is 0 Å². The van der Waals surface area contributed by atoms with Crippen LogP contribution < -0.4 is 0 Å². The van der Waals surface area contributed by atoms with Gasteiger partial charge in [-0.3, -0.25) is 0 Å². The van der Waals surface area contributed by atoms with Crippen molar-refractivity contribution >= 4 is 0 Å². The topological polar surface area (TPSA) is 60.7 Å². The van der Waals surface area contributed by atoms with Crippen LogP contribution in [0.4, 0.5) is 0 Å². The normalized spacial score (nSPS) is 57.0. The van der Waals surface area contributed by atoms with Gasteiger partial charge in [0.25, 0.3) is 0 Å². The van der Waals surface area contributed by atoms with E-state index in [4.69, 9.17) is 0 Å². The van der Waals surface area contributed by atoms with Crippen molar-refractivity contribution in [1.29, 1.82) is 0 Å². The van der Waals surface area contributed by atoms with Gasteiger partial charge in [-0.25, -0.2) is 0 Å². The number of fused-ring (bicyclic) bond motifs is 2. The molecule has 5 aliphatic rings. The van der Waals surface area contributed by atoms with Gasteiger partial charge in [0.2, 0.25) is 0 Å². The van der Waals surface area contributed by atoms with Crippen molar-refractivity contribution < 1.29 is 15.3 Å². The lowest BCUT2D eigenvalue weighted by molar-refractivity contribution is -0.235. The molecule has 3 N–H and O–H groups in total. The summed E-state index contributed by atoms with van der Waals surface area (Å²) in [5.41, 5.74) is -0.867. The average Bonchev–Trinajstić information content (AvgIpc) is 2.50. The summed E-state index contributed by atoms with van der Waals surface area (Å²) in [6.45, 7) is 7.00. The molecule has 0 heterocycles. The highest BCUT2D eigenvalue weighted by Crippen LogP contribution is 2.70. The predicted octanol–water partition coefficient (Wildman–Crippen LogP) is 2.89. The zero-order chi connectivity index (χ0) is 16.7. The molecule has 0 aromatic carbocycles. The van der Waals surface area contributed by atoms with E-state index in [0.29, 0.717) is 18.3 Å². The zero-order valence-electron chi connectivity index (χ0n) is 14.8. The first-order valence-corrected chi connectivity index (χ1v) is 9.39. The van der Waals surface area contributed by atoms with Gasteiger partial charge in [-0.15, -0.1) is 0 Å². The molecule has 5 aliphatic carbocycles. The fourth-order valence-corrected chi connectivity index (χ4v) is 7.34. The molecule has 0 aromatic rings. The maximum Gasteiger partial charge on any atom is 0.0948 e. The molecule has 3 nitrogen and oxygen atoms in total. The molecule has 0 amide bonds. The molecule has 2 bridgehead atoms. The van der Waals surface area contributed by atoms with E-state index in [0.717, 1.165) is 12.8 Å². The van der Waals surface area contributed by atoms with Gasteiger partial charge in [-0.2, -0.15) is 0 Å². The van der Waals surface area contributed by atoms with Gasteiger partial charge in [-0.05, 0) is 54.8 Å². The summed E-state index contributed by atoms with van der Waals surface area (Å²) < 4.78 is 0. The van der Waals surface area contributed by atoms with E-state index in [1.54, 1.807) is 0 Å². The van der Waals surface area contributed by atoms with Crippen LogP contribution in [-0.2, 0) is 0 Å². The van der Waals surface area contributed by atoms with Crippen molar-refractivity contribution in [2.45, 2.75) is 71.0 Å². The van der Waals surface area contributed by atoms with Crippen LogP contribution in [-0.4, -0.2) is 33.6 Å². The first-order chi connectivity index (χ1) is 10.7. The van der Waals surface area contributed by atoms with E-state index >= 15 is 0 Å². The molecule has 23 heavy (non-hydrogen) atoms. The van der Waals surface area contributed by atoms with Crippen LogP contribution in [0.15, 0.2) is 12.2 Å². The second-order valence-corrected chi connectivity index (χ2v) is 9.96. The third kappa shape index (κ3) is 1.88. The summed E-state index contributed by atoms with van der Waals surface area (Å²) in [4.78, 5) is 0. The summed E-state index contributed by atoms with van der Waals surface area (Å²) in [5.74, 6) is 1.00. The SMILES string of the molecule is CC1(C)CCCC2(C)C1CC(O)C13C=CC(CC21)C(O)(CO)C3. The van der Waals surface area contributed by atoms with E-state index in [1.165, 1.54) is 19.3 Å². The van der Waals surface area contributed by atoms with Crippen LogP contribution in [0.3, 0.4) is 0 Å². The standard InChI is InChI=1S/C20H32O3/c1-17(2)6-4-7-18(3)14(17)10-16(22)19-8-5-13(9-15(18)19)20(23,11-19)12-21/h5,8,13-16,21-23H,4,6-7,9-12H2,1-3H3. The molecule has 0 aliphatic heterocycles. The van der Waals surface area contributed by atoms with Gasteiger partial charge in [0, 0.05) is 11.3 Å². The Hall–Kier alpha value is -0.380. The Morgan fingerprint density at radius 3 is 2.52 bits per heavy atom. The fourth-order valence-electron chi connectivity index (χ4n) is 7.34. The zero-order valence-corrected chi connectivity index (χ0v) is 14.8. The first-order valence-electron chi connectivity index (χ1n) is 9.39. The van der Waals surface area contributed by atoms with Crippen molar-refractivity contribution in [1.82, 2.24) is 0 Å². The molecule has 0 saturated heterocycles. The van der Waals surface area contributed by atoms with Crippen molar-refractivity contribution in [3.05, 3.63) is 12.2 Å². The molecular formula is C20H32O3. The number of aliphatic hydroxyl groups excluding tert-OH is 2. The van der Waals surface area contributed by atoms with Crippen LogP contribution in [0.2, 0.25) is 0 Å². The quantitative estimate of drug-likeness (QED) is 0.651. The Morgan fingerprint density at radius 2 is 1.83 bits per heavy atom. The predicted molar refractivity (Wildman–Crippen MR) is 89.7 cm³/mol. The highest BCUT2D eigenvalue weighted by molar-refractivity contribution is 5.28. The summed E-state index contributed by atoms with van der Waals surface area (Å²) in [6.07, 6.45) is 9.90. The summed E-state index contributed by atoms with van der Waals surface area (Å²) in [5, 5.41) is 31.8. The van der Waals surface area contributed by atoms with Crippen molar-refractivity contribution in [3.63, 3.8) is 0 Å². The average molecular weight is 320 g/mol. The molecule has 5 rings (SSSR count). The van der Waals surface area contributed by atoms with Crippen LogP contribution in [0.25, 0.3) is 0 Å². The van der Waals surface area contributed by atoms with Gasteiger partial charge in [-0.1, -0.05) is 39.3 Å². The summed E-state index contributed by atoms with van der Waals surface area (Å²) >= 11 is 0. The second-order valence-electron chi connectivity index (χ2n) is 9.96. The number of hydrogen-bond acceptors (Lipinski definition) is 3. The lowest BCUT2D eigenvalue weighted by atomic mass is 9.36. The van der Waals surface area contributed by atoms with Crippen molar-refractivity contribution in [2.24, 2.45) is 34.0 Å². The molecule has 3 fully saturated rings. The minimum absolute atomic E-state index is 0.0344. The van der Waals surface area contributed by atoms with E-state index in [2.05, 4.69) is 32.9 Å². The van der Waals surface area contributed by atoms with Gasteiger partial charge < -0.3 is 15.3 Å². The van der Waals surface area contributed by atoms with E-state index in [-0.39, 0.29) is 28.8 Å². The minimum atomic E-state index is -1.04. The molecule has 3 heteroatoms. The highest BCUT2D eigenvalue weighted by atomic mass is 16.3. The Bertz CT molecular complexity index is 541. The van der Waals surface area contributed by atoms with Gasteiger partial charge in [0.15, 0.2) is 0 Å². The van der Waals surface area contributed by atoms with Crippen LogP contribution in [0.1, 0.15) is 59.3 Å². The third-order valence-corrected chi connectivity index (χ3v) is 8.50. The first kappa shape index (κ1) is 16.1. The van der Waals surface area contributed by atoms with Crippen LogP contribution >= 0.6 is 0 Å². The number of hydrogen-bond donors (Lipinski definition) is 3. The maximum absolute atomic E-state index is 11.1. The lowest BCUT2D eigenvalue weighted by Gasteiger charge is -2.69. The second kappa shape index (κ2) is 4.62. The van der Waals surface area contributed by atoms with Gasteiger partial charge in [0.05, 0.1) is 18.3 Å². The van der Waals surface area contributed by atoms with E-state index in [9.17, 15) is 15.3 Å². The smallest absolute Gasteiger partial charge is 0.0948 e. The molecule has 0 aromatic heterocycles. The minimum Gasteiger partial charge on any atom is -0.393 e. The lowest BCUT2D eigenvalue weighted by Crippen LogP contribution is -2.68. The molecule has 1 spiro atoms. The molecule has 7 atom stereocenters. The van der Waals surface area contributed by atoms with Crippen LogP contribution in [0.5, 0.6) is 0 Å². The number of aliphatic hydroxyl groups is 3. The molecule has 130 valence electrons. The van der Waals surface area contributed by atoms with Crippen molar-refractivity contribution in [3.8, 4) is 0 Å².